The molecule has 0 aromatic carbocycles. The first-order valence-corrected chi connectivity index (χ1v) is 4.77. The highest BCUT2D eigenvalue weighted by Gasteiger charge is 2.25. The maximum atomic E-state index is 10.5. The Hall–Kier alpha value is -0.610. The molecule has 0 saturated carbocycles. The van der Waals surface area contributed by atoms with E-state index < -0.39 is 5.97 Å². The third kappa shape index (κ3) is 3.32. The van der Waals surface area contributed by atoms with E-state index in [1.807, 2.05) is 11.8 Å². The minimum atomic E-state index is -0.747. The number of hydrogen-bond acceptors (Lipinski definition) is 3. The van der Waals surface area contributed by atoms with E-state index in [1.54, 1.807) is 0 Å². The van der Waals surface area contributed by atoms with Crippen molar-refractivity contribution in [1.29, 1.82) is 0 Å². The second-order valence-corrected chi connectivity index (χ2v) is 3.32. The minimum Gasteiger partial charge on any atom is -0.480 e. The van der Waals surface area contributed by atoms with Crippen molar-refractivity contribution >= 4 is 5.97 Å². The van der Waals surface area contributed by atoms with Gasteiger partial charge in [0.05, 0.1) is 13.2 Å². The summed E-state index contributed by atoms with van der Waals surface area (Å²) in [5, 5.41) is 8.63. The Morgan fingerprint density at radius 1 is 1.69 bits per heavy atom. The van der Waals surface area contributed by atoms with Crippen molar-refractivity contribution < 1.29 is 14.6 Å². The van der Waals surface area contributed by atoms with E-state index in [1.165, 1.54) is 0 Å². The van der Waals surface area contributed by atoms with Gasteiger partial charge in [-0.2, -0.15) is 0 Å². The van der Waals surface area contributed by atoms with Crippen LogP contribution >= 0.6 is 0 Å². The van der Waals surface area contributed by atoms with Gasteiger partial charge in [0.15, 0.2) is 0 Å². The molecule has 0 bridgehead atoms. The van der Waals surface area contributed by atoms with Crippen molar-refractivity contribution in [2.24, 2.45) is 0 Å². The normalized spacial score (nSPS) is 23.6. The zero-order chi connectivity index (χ0) is 9.68. The first kappa shape index (κ1) is 10.5. The largest absolute Gasteiger partial charge is 0.480 e. The first-order valence-electron chi connectivity index (χ1n) is 4.77. The molecule has 1 heterocycles. The average Bonchev–Trinajstić information content (AvgIpc) is 2.48. The number of ether oxygens (including phenoxy) is 1. The van der Waals surface area contributed by atoms with Gasteiger partial charge in [0.25, 0.3) is 0 Å². The minimum absolute atomic E-state index is 0.151. The van der Waals surface area contributed by atoms with Crippen LogP contribution in [0.4, 0.5) is 0 Å². The van der Waals surface area contributed by atoms with E-state index in [9.17, 15) is 4.79 Å². The average molecular weight is 187 g/mol. The molecule has 4 heteroatoms. The van der Waals surface area contributed by atoms with Crippen LogP contribution < -0.4 is 0 Å². The van der Waals surface area contributed by atoms with Crippen LogP contribution in [0.1, 0.15) is 19.8 Å². The predicted molar refractivity (Wildman–Crippen MR) is 48.7 cm³/mol. The van der Waals surface area contributed by atoms with E-state index in [4.69, 9.17) is 9.84 Å². The summed E-state index contributed by atoms with van der Waals surface area (Å²) in [5.74, 6) is -0.747. The van der Waals surface area contributed by atoms with Gasteiger partial charge in [-0.15, -0.1) is 0 Å². The topological polar surface area (TPSA) is 49.8 Å². The van der Waals surface area contributed by atoms with E-state index >= 15 is 0 Å². The molecule has 1 atom stereocenters. The van der Waals surface area contributed by atoms with Crippen molar-refractivity contribution in [2.45, 2.75) is 25.8 Å². The lowest BCUT2D eigenvalue weighted by Crippen LogP contribution is -2.37. The summed E-state index contributed by atoms with van der Waals surface area (Å²) in [6.07, 6.45) is 2.15. The van der Waals surface area contributed by atoms with Gasteiger partial charge < -0.3 is 9.84 Å². The number of carboxylic acids is 1. The monoisotopic (exact) mass is 187 g/mol. The van der Waals surface area contributed by atoms with Gasteiger partial charge in [-0.1, -0.05) is 0 Å². The van der Waals surface area contributed by atoms with Crippen LogP contribution in [0.3, 0.4) is 0 Å². The number of nitrogens with zero attached hydrogens (tertiary/aromatic N) is 1. The number of rotatable bonds is 5. The maximum absolute atomic E-state index is 10.5. The van der Waals surface area contributed by atoms with E-state index in [0.29, 0.717) is 19.3 Å². The van der Waals surface area contributed by atoms with E-state index in [-0.39, 0.29) is 6.54 Å². The predicted octanol–water partition coefficient (Wildman–Crippen LogP) is 0.572. The Labute approximate surface area is 78.5 Å². The van der Waals surface area contributed by atoms with Crippen molar-refractivity contribution in [2.75, 3.05) is 26.3 Å². The Morgan fingerprint density at radius 3 is 3.08 bits per heavy atom. The summed E-state index contributed by atoms with van der Waals surface area (Å²) < 4.78 is 5.29. The van der Waals surface area contributed by atoms with E-state index in [0.717, 1.165) is 19.4 Å². The molecule has 13 heavy (non-hydrogen) atoms. The quantitative estimate of drug-likeness (QED) is 0.683. The highest BCUT2D eigenvalue weighted by Crippen LogP contribution is 2.16. The SMILES string of the molecule is CCOC[C@@H]1CCCN1CC(=O)O. The molecule has 4 nitrogen and oxygen atoms in total. The zero-order valence-electron chi connectivity index (χ0n) is 8.03. The highest BCUT2D eigenvalue weighted by atomic mass is 16.5. The third-order valence-electron chi connectivity index (χ3n) is 2.35. The molecule has 0 spiro atoms. The van der Waals surface area contributed by atoms with Gasteiger partial charge in [-0.3, -0.25) is 9.69 Å². The molecular weight excluding hydrogens is 170 g/mol. The fourth-order valence-corrected chi connectivity index (χ4v) is 1.72. The molecule has 1 aliphatic rings. The van der Waals surface area contributed by atoms with Crippen LogP contribution in [-0.2, 0) is 9.53 Å². The van der Waals surface area contributed by atoms with Crippen molar-refractivity contribution in [3.63, 3.8) is 0 Å². The van der Waals surface area contributed by atoms with E-state index in [2.05, 4.69) is 0 Å². The molecule has 0 aromatic rings. The summed E-state index contributed by atoms with van der Waals surface area (Å²) in [5.41, 5.74) is 0. The maximum Gasteiger partial charge on any atom is 0.317 e. The van der Waals surface area contributed by atoms with Gasteiger partial charge in [0.1, 0.15) is 0 Å². The molecule has 1 aliphatic heterocycles. The molecule has 1 fully saturated rings. The number of hydrogen-bond donors (Lipinski definition) is 1. The first-order chi connectivity index (χ1) is 6.24. The fraction of sp³-hybridized carbons (Fsp3) is 0.889. The van der Waals surface area contributed by atoms with Gasteiger partial charge in [0.2, 0.25) is 0 Å². The fourth-order valence-electron chi connectivity index (χ4n) is 1.72. The molecule has 1 N–H and O–H groups in total. The van der Waals surface area contributed by atoms with Gasteiger partial charge in [-0.05, 0) is 26.3 Å². The second kappa shape index (κ2) is 5.19. The second-order valence-electron chi connectivity index (χ2n) is 3.32. The van der Waals surface area contributed by atoms with Crippen molar-refractivity contribution in [1.82, 2.24) is 4.90 Å². The van der Waals surface area contributed by atoms with Crippen LogP contribution in [0.15, 0.2) is 0 Å². The van der Waals surface area contributed by atoms with Crippen molar-refractivity contribution in [3.8, 4) is 0 Å². The van der Waals surface area contributed by atoms with Crippen LogP contribution in [0.5, 0.6) is 0 Å². The van der Waals surface area contributed by atoms with Crippen molar-refractivity contribution in [3.05, 3.63) is 0 Å². The van der Waals surface area contributed by atoms with Gasteiger partial charge in [-0.25, -0.2) is 0 Å². The van der Waals surface area contributed by atoms with Gasteiger partial charge >= 0.3 is 5.97 Å². The molecule has 76 valence electrons. The molecule has 0 radical (unpaired) electrons. The molecule has 1 rings (SSSR count). The van der Waals surface area contributed by atoms with Crippen LogP contribution in [0.25, 0.3) is 0 Å². The Morgan fingerprint density at radius 2 is 2.46 bits per heavy atom. The molecular formula is C9H17NO3. The standard InChI is InChI=1S/C9H17NO3/c1-2-13-7-8-4-3-5-10(8)6-9(11)12/h8H,2-7H2,1H3,(H,11,12)/t8-/m0/s1. The molecule has 0 amide bonds. The summed E-state index contributed by atoms with van der Waals surface area (Å²) >= 11 is 0. The Bertz CT molecular complexity index is 172. The molecule has 1 saturated heterocycles. The smallest absolute Gasteiger partial charge is 0.317 e. The number of likely N-dealkylation sites (tertiary alicyclic amines) is 1. The highest BCUT2D eigenvalue weighted by molar-refractivity contribution is 5.69. The molecule has 0 aliphatic carbocycles. The van der Waals surface area contributed by atoms with Crippen LogP contribution in [0, 0.1) is 0 Å². The number of carbonyl (C=O) groups is 1. The number of carboxylic acid groups (broad SMARTS) is 1. The lowest BCUT2D eigenvalue weighted by Gasteiger charge is -2.21. The summed E-state index contributed by atoms with van der Waals surface area (Å²) in [6.45, 7) is 4.37. The van der Waals surface area contributed by atoms with Crippen LogP contribution in [0.2, 0.25) is 0 Å². The summed E-state index contributed by atoms with van der Waals surface area (Å²) in [4.78, 5) is 12.5. The Balaban J connectivity index is 2.30. The third-order valence-corrected chi connectivity index (χ3v) is 2.35. The lowest BCUT2D eigenvalue weighted by atomic mass is 10.2. The summed E-state index contributed by atoms with van der Waals surface area (Å²) in [7, 11) is 0. The molecule has 0 aromatic heterocycles. The molecule has 0 unspecified atom stereocenters. The summed E-state index contributed by atoms with van der Waals surface area (Å²) in [6, 6.07) is 0.316. The number of aliphatic carboxylic acids is 1. The Kier molecular flexibility index (Phi) is 4.18. The van der Waals surface area contributed by atoms with Gasteiger partial charge in [0, 0.05) is 12.6 Å². The zero-order valence-corrected chi connectivity index (χ0v) is 8.03. The lowest BCUT2D eigenvalue weighted by molar-refractivity contribution is -0.138. The van der Waals surface area contributed by atoms with Crippen LogP contribution in [-0.4, -0.2) is 48.3 Å².